The van der Waals surface area contributed by atoms with Gasteiger partial charge < -0.3 is 15.3 Å². The predicted octanol–water partition coefficient (Wildman–Crippen LogP) is 6.13. The van der Waals surface area contributed by atoms with Gasteiger partial charge in [0.1, 0.15) is 5.60 Å². The molecule has 1 aliphatic heterocycles. The quantitative estimate of drug-likeness (QED) is 0.370. The Balaban J connectivity index is 1.47. The van der Waals surface area contributed by atoms with Crippen molar-refractivity contribution >= 4 is 5.69 Å². The second-order valence-corrected chi connectivity index (χ2v) is 10.1. The maximum atomic E-state index is 11.7. The SMILES string of the molecule is C=CC(=C)C(O)(c1ccccc1)C1CCN(CCCNc2ccc(C(C)(C)C)cc2)CC1. The third-order valence-corrected chi connectivity index (χ3v) is 6.86. The lowest BCUT2D eigenvalue weighted by atomic mass is 9.72. The van der Waals surface area contributed by atoms with Crippen LogP contribution in [0.3, 0.4) is 0 Å². The molecule has 3 nitrogen and oxygen atoms in total. The van der Waals surface area contributed by atoms with Crippen LogP contribution in [-0.2, 0) is 11.0 Å². The summed E-state index contributed by atoms with van der Waals surface area (Å²) in [5, 5.41) is 15.2. The van der Waals surface area contributed by atoms with E-state index in [0.717, 1.165) is 51.0 Å². The lowest BCUT2D eigenvalue weighted by molar-refractivity contribution is -0.0144. The Labute approximate surface area is 194 Å². The fourth-order valence-electron chi connectivity index (χ4n) is 4.73. The van der Waals surface area contributed by atoms with Crippen LogP contribution < -0.4 is 5.32 Å². The van der Waals surface area contributed by atoms with Crippen LogP contribution in [0.25, 0.3) is 0 Å². The Morgan fingerprint density at radius 2 is 1.66 bits per heavy atom. The standard InChI is InChI=1S/C29H40N2O/c1-6-23(2)29(32,25-11-8-7-9-12-25)26-17-21-31(22-18-26)20-10-19-30-27-15-13-24(14-16-27)28(3,4)5/h6-9,11-16,26,30,32H,1-2,10,17-22H2,3-5H3. The molecule has 0 bridgehead atoms. The summed E-state index contributed by atoms with van der Waals surface area (Å²) in [5.74, 6) is 0.158. The summed E-state index contributed by atoms with van der Waals surface area (Å²) < 4.78 is 0. The number of aliphatic hydroxyl groups is 1. The number of nitrogens with zero attached hydrogens (tertiary/aromatic N) is 1. The molecule has 1 saturated heterocycles. The molecule has 1 aliphatic rings. The van der Waals surface area contributed by atoms with Crippen molar-refractivity contribution < 1.29 is 5.11 Å². The van der Waals surface area contributed by atoms with Crippen molar-refractivity contribution in [1.29, 1.82) is 0 Å². The summed E-state index contributed by atoms with van der Waals surface area (Å²) in [7, 11) is 0. The van der Waals surface area contributed by atoms with Gasteiger partial charge in [-0.05, 0) is 79.1 Å². The Morgan fingerprint density at radius 1 is 1.03 bits per heavy atom. The van der Waals surface area contributed by atoms with Crippen molar-refractivity contribution in [3.8, 4) is 0 Å². The summed E-state index contributed by atoms with van der Waals surface area (Å²) in [4.78, 5) is 2.52. The third-order valence-electron chi connectivity index (χ3n) is 6.86. The van der Waals surface area contributed by atoms with E-state index in [-0.39, 0.29) is 11.3 Å². The molecule has 1 atom stereocenters. The first kappa shape index (κ1) is 24.3. The molecular formula is C29H40N2O. The summed E-state index contributed by atoms with van der Waals surface area (Å²) in [6.07, 6.45) is 4.73. The van der Waals surface area contributed by atoms with Gasteiger partial charge in [0.2, 0.25) is 0 Å². The molecule has 1 unspecified atom stereocenters. The molecule has 172 valence electrons. The lowest BCUT2D eigenvalue weighted by Crippen LogP contribution is -2.44. The normalized spacial score (nSPS) is 17.5. The van der Waals surface area contributed by atoms with Crippen LogP contribution in [0.2, 0.25) is 0 Å². The molecule has 0 saturated carbocycles. The molecule has 32 heavy (non-hydrogen) atoms. The van der Waals surface area contributed by atoms with Crippen LogP contribution >= 0.6 is 0 Å². The molecule has 0 amide bonds. The van der Waals surface area contributed by atoms with Crippen LogP contribution in [0.5, 0.6) is 0 Å². The Hall–Kier alpha value is -2.36. The summed E-state index contributed by atoms with van der Waals surface area (Å²) >= 11 is 0. The maximum absolute atomic E-state index is 11.7. The fourth-order valence-corrected chi connectivity index (χ4v) is 4.73. The van der Waals surface area contributed by atoms with Crippen LogP contribution in [-0.4, -0.2) is 36.2 Å². The topological polar surface area (TPSA) is 35.5 Å². The van der Waals surface area contributed by atoms with Crippen molar-refractivity contribution in [3.05, 3.63) is 90.5 Å². The summed E-state index contributed by atoms with van der Waals surface area (Å²) in [6.45, 7) is 18.8. The number of nitrogens with one attached hydrogen (secondary N) is 1. The number of piperidine rings is 1. The Morgan fingerprint density at radius 3 is 2.22 bits per heavy atom. The molecule has 1 heterocycles. The van der Waals surface area contributed by atoms with Crippen LogP contribution in [0, 0.1) is 5.92 Å². The summed E-state index contributed by atoms with van der Waals surface area (Å²) in [6, 6.07) is 18.8. The van der Waals surface area contributed by atoms with Gasteiger partial charge in [0.25, 0.3) is 0 Å². The van der Waals surface area contributed by atoms with E-state index in [0.29, 0.717) is 5.57 Å². The molecule has 3 rings (SSSR count). The molecule has 2 N–H and O–H groups in total. The number of hydrogen-bond donors (Lipinski definition) is 2. The highest BCUT2D eigenvalue weighted by atomic mass is 16.3. The van der Waals surface area contributed by atoms with Crippen LogP contribution in [0.1, 0.15) is 51.2 Å². The largest absolute Gasteiger partial charge is 0.385 e. The minimum absolute atomic E-state index is 0.158. The number of benzene rings is 2. The zero-order valence-corrected chi connectivity index (χ0v) is 20.1. The van der Waals surface area contributed by atoms with Gasteiger partial charge in [-0.1, -0.05) is 82.5 Å². The van der Waals surface area contributed by atoms with E-state index in [1.54, 1.807) is 6.08 Å². The Bertz CT molecular complexity index is 874. The molecule has 0 aromatic heterocycles. The second kappa shape index (κ2) is 10.5. The monoisotopic (exact) mass is 432 g/mol. The third kappa shape index (κ3) is 5.70. The van der Waals surface area contributed by atoms with E-state index >= 15 is 0 Å². The molecule has 2 aromatic rings. The maximum Gasteiger partial charge on any atom is 0.117 e. The molecule has 3 heteroatoms. The number of likely N-dealkylation sites (tertiary alicyclic amines) is 1. The van der Waals surface area contributed by atoms with E-state index in [4.69, 9.17) is 0 Å². The van der Waals surface area contributed by atoms with Gasteiger partial charge in [0.05, 0.1) is 0 Å². The minimum atomic E-state index is -1.03. The van der Waals surface area contributed by atoms with Gasteiger partial charge in [0.15, 0.2) is 0 Å². The predicted molar refractivity (Wildman–Crippen MR) is 137 cm³/mol. The zero-order chi connectivity index (χ0) is 23.2. The fraction of sp³-hybridized carbons (Fsp3) is 0.448. The van der Waals surface area contributed by atoms with Gasteiger partial charge >= 0.3 is 0 Å². The molecule has 0 spiro atoms. The van der Waals surface area contributed by atoms with Gasteiger partial charge in [0, 0.05) is 12.2 Å². The molecule has 1 fully saturated rings. The van der Waals surface area contributed by atoms with E-state index in [1.165, 1.54) is 11.3 Å². The number of rotatable bonds is 9. The lowest BCUT2D eigenvalue weighted by Gasteiger charge is -2.42. The Kier molecular flexibility index (Phi) is 7.97. The average Bonchev–Trinajstić information content (AvgIpc) is 2.81. The first-order valence-electron chi connectivity index (χ1n) is 11.9. The van der Waals surface area contributed by atoms with Crippen LogP contribution in [0.15, 0.2) is 79.4 Å². The van der Waals surface area contributed by atoms with Crippen molar-refractivity contribution in [2.24, 2.45) is 5.92 Å². The highest BCUT2D eigenvalue weighted by molar-refractivity contribution is 5.45. The molecule has 2 aromatic carbocycles. The second-order valence-electron chi connectivity index (χ2n) is 10.1. The van der Waals surface area contributed by atoms with Gasteiger partial charge in [-0.2, -0.15) is 0 Å². The van der Waals surface area contributed by atoms with Gasteiger partial charge in [-0.3, -0.25) is 0 Å². The van der Waals surface area contributed by atoms with Crippen molar-refractivity contribution in [3.63, 3.8) is 0 Å². The van der Waals surface area contributed by atoms with Gasteiger partial charge in [-0.25, -0.2) is 0 Å². The number of hydrogen-bond acceptors (Lipinski definition) is 3. The van der Waals surface area contributed by atoms with Crippen molar-refractivity contribution in [2.45, 2.75) is 51.0 Å². The molecule has 0 radical (unpaired) electrons. The first-order chi connectivity index (χ1) is 15.2. The first-order valence-corrected chi connectivity index (χ1v) is 11.9. The minimum Gasteiger partial charge on any atom is -0.385 e. The van der Waals surface area contributed by atoms with E-state index < -0.39 is 5.60 Å². The highest BCUT2D eigenvalue weighted by Gasteiger charge is 2.41. The summed E-state index contributed by atoms with van der Waals surface area (Å²) in [5.41, 5.74) is 3.33. The molecular weight excluding hydrogens is 392 g/mol. The van der Waals surface area contributed by atoms with Crippen molar-refractivity contribution in [2.75, 3.05) is 31.5 Å². The number of anilines is 1. The molecule has 0 aliphatic carbocycles. The van der Waals surface area contributed by atoms with Crippen molar-refractivity contribution in [1.82, 2.24) is 4.90 Å². The average molecular weight is 433 g/mol. The highest BCUT2D eigenvalue weighted by Crippen LogP contribution is 2.41. The van der Waals surface area contributed by atoms with Crippen LogP contribution in [0.4, 0.5) is 5.69 Å². The van der Waals surface area contributed by atoms with Gasteiger partial charge in [-0.15, -0.1) is 0 Å². The van der Waals surface area contributed by atoms with E-state index in [9.17, 15) is 5.11 Å². The van der Waals surface area contributed by atoms with E-state index in [1.807, 2.05) is 30.3 Å². The van der Waals surface area contributed by atoms with E-state index in [2.05, 4.69) is 68.4 Å². The smallest absolute Gasteiger partial charge is 0.117 e. The zero-order valence-electron chi connectivity index (χ0n) is 20.1.